The van der Waals surface area contributed by atoms with Crippen LogP contribution in [0.25, 0.3) is 0 Å². The molecule has 0 atom stereocenters. The van der Waals surface area contributed by atoms with Gasteiger partial charge in [-0.25, -0.2) is 0 Å². The predicted molar refractivity (Wildman–Crippen MR) is 83.8 cm³/mol. The van der Waals surface area contributed by atoms with Crippen LogP contribution in [0.2, 0.25) is 5.02 Å². The van der Waals surface area contributed by atoms with Crippen LogP contribution in [0.4, 0.5) is 18.9 Å². The smallest absolute Gasteiger partial charge is 0.372 e. The van der Waals surface area contributed by atoms with E-state index in [1.807, 2.05) is 0 Å². The molecule has 0 saturated carbocycles. The highest BCUT2D eigenvalue weighted by Crippen LogP contribution is 2.14. The van der Waals surface area contributed by atoms with Crippen molar-refractivity contribution in [2.75, 3.05) is 25.1 Å². The summed E-state index contributed by atoms with van der Waals surface area (Å²) in [5.41, 5.74) is 0.621. The SMILES string of the molecule is O=C(CCOCC(F)(F)F)NCCCC(=O)Nc1ccc(Cl)cc1. The maximum atomic E-state index is 11.8. The van der Waals surface area contributed by atoms with Crippen LogP contribution in [0.3, 0.4) is 0 Å². The molecule has 0 bridgehead atoms. The Hall–Kier alpha value is -1.80. The first kappa shape index (κ1) is 20.2. The summed E-state index contributed by atoms with van der Waals surface area (Å²) >= 11 is 5.73. The van der Waals surface area contributed by atoms with Gasteiger partial charge in [-0.3, -0.25) is 9.59 Å². The third-order valence-electron chi connectivity index (χ3n) is 2.77. The van der Waals surface area contributed by atoms with Gasteiger partial charge in [0.2, 0.25) is 11.8 Å². The Balaban J connectivity index is 2.07. The monoisotopic (exact) mass is 366 g/mol. The van der Waals surface area contributed by atoms with Gasteiger partial charge >= 0.3 is 6.18 Å². The molecule has 5 nitrogen and oxygen atoms in total. The highest BCUT2D eigenvalue weighted by Gasteiger charge is 2.27. The van der Waals surface area contributed by atoms with Gasteiger partial charge in [0.1, 0.15) is 6.61 Å². The second kappa shape index (κ2) is 10.1. The molecule has 0 fully saturated rings. The van der Waals surface area contributed by atoms with Gasteiger partial charge in [0, 0.05) is 30.1 Å². The fraction of sp³-hybridized carbons (Fsp3) is 0.467. The average Bonchev–Trinajstić information content (AvgIpc) is 2.49. The normalized spacial score (nSPS) is 11.2. The number of ether oxygens (including phenoxy) is 1. The molecule has 0 aliphatic rings. The summed E-state index contributed by atoms with van der Waals surface area (Å²) in [6, 6.07) is 6.64. The molecule has 0 aromatic heterocycles. The van der Waals surface area contributed by atoms with E-state index in [2.05, 4.69) is 15.4 Å². The quantitative estimate of drug-likeness (QED) is 0.660. The number of rotatable bonds is 9. The van der Waals surface area contributed by atoms with Crippen molar-refractivity contribution in [1.82, 2.24) is 5.32 Å². The number of alkyl halides is 3. The lowest BCUT2D eigenvalue weighted by Crippen LogP contribution is -2.27. The van der Waals surface area contributed by atoms with Crippen molar-refractivity contribution in [3.8, 4) is 0 Å². The minimum atomic E-state index is -4.39. The number of halogens is 4. The van der Waals surface area contributed by atoms with Crippen LogP contribution >= 0.6 is 11.6 Å². The Labute approximate surface area is 142 Å². The van der Waals surface area contributed by atoms with Crippen molar-refractivity contribution < 1.29 is 27.5 Å². The Bertz CT molecular complexity index is 536. The van der Waals surface area contributed by atoms with E-state index >= 15 is 0 Å². The zero-order valence-electron chi connectivity index (χ0n) is 12.8. The highest BCUT2D eigenvalue weighted by molar-refractivity contribution is 6.30. The number of nitrogens with one attached hydrogen (secondary N) is 2. The average molecular weight is 367 g/mol. The third-order valence-corrected chi connectivity index (χ3v) is 3.02. The number of hydrogen-bond acceptors (Lipinski definition) is 3. The fourth-order valence-electron chi connectivity index (χ4n) is 1.67. The van der Waals surface area contributed by atoms with Crippen LogP contribution in [0, 0.1) is 0 Å². The van der Waals surface area contributed by atoms with Gasteiger partial charge in [-0.05, 0) is 30.7 Å². The molecule has 9 heteroatoms. The Morgan fingerprint density at radius 3 is 2.38 bits per heavy atom. The first-order valence-corrected chi connectivity index (χ1v) is 7.61. The van der Waals surface area contributed by atoms with Crippen LogP contribution in [0.15, 0.2) is 24.3 Å². The molecule has 0 saturated heterocycles. The predicted octanol–water partition coefficient (Wildman–Crippen LogP) is 3.14. The van der Waals surface area contributed by atoms with E-state index in [1.54, 1.807) is 24.3 Å². The molecule has 1 aromatic carbocycles. The van der Waals surface area contributed by atoms with Crippen molar-refractivity contribution in [1.29, 1.82) is 0 Å². The van der Waals surface area contributed by atoms with E-state index in [-0.39, 0.29) is 31.9 Å². The van der Waals surface area contributed by atoms with Crippen LogP contribution < -0.4 is 10.6 Å². The van der Waals surface area contributed by atoms with Crippen LogP contribution in [0.1, 0.15) is 19.3 Å². The molecule has 0 unspecified atom stereocenters. The van der Waals surface area contributed by atoms with Gasteiger partial charge in [-0.1, -0.05) is 11.6 Å². The molecule has 134 valence electrons. The molecule has 0 aliphatic carbocycles. The zero-order chi connectivity index (χ0) is 18.0. The van der Waals surface area contributed by atoms with Crippen molar-refractivity contribution in [2.45, 2.75) is 25.4 Å². The molecule has 0 aliphatic heterocycles. The largest absolute Gasteiger partial charge is 0.411 e. The molecule has 24 heavy (non-hydrogen) atoms. The van der Waals surface area contributed by atoms with Gasteiger partial charge in [0.05, 0.1) is 6.61 Å². The standard InChI is InChI=1S/C15H18ClF3N2O3/c16-11-3-5-12(6-4-11)21-14(23)2-1-8-20-13(22)7-9-24-10-15(17,18)19/h3-6H,1-2,7-10H2,(H,20,22)(H,21,23). The molecule has 0 radical (unpaired) electrons. The minimum absolute atomic E-state index is 0.160. The maximum absolute atomic E-state index is 11.8. The van der Waals surface area contributed by atoms with Crippen LogP contribution in [-0.4, -0.2) is 37.7 Å². The summed E-state index contributed by atoms with van der Waals surface area (Å²) in [6.45, 7) is -1.42. The van der Waals surface area contributed by atoms with E-state index in [9.17, 15) is 22.8 Å². The van der Waals surface area contributed by atoms with E-state index in [4.69, 9.17) is 11.6 Å². The first-order chi connectivity index (χ1) is 11.3. The van der Waals surface area contributed by atoms with Gasteiger partial charge in [-0.2, -0.15) is 13.2 Å². The fourth-order valence-corrected chi connectivity index (χ4v) is 1.80. The van der Waals surface area contributed by atoms with E-state index in [1.165, 1.54) is 0 Å². The van der Waals surface area contributed by atoms with E-state index < -0.39 is 18.7 Å². The lowest BCUT2D eigenvalue weighted by Gasteiger charge is -2.08. The number of carbonyl (C=O) groups excluding carboxylic acids is 2. The number of anilines is 1. The highest BCUT2D eigenvalue weighted by atomic mass is 35.5. The number of carbonyl (C=O) groups is 2. The second-order valence-electron chi connectivity index (χ2n) is 4.93. The molecule has 0 heterocycles. The molecule has 0 spiro atoms. The maximum Gasteiger partial charge on any atom is 0.411 e. The summed E-state index contributed by atoms with van der Waals surface area (Å²) in [5, 5.41) is 5.75. The molecule has 2 N–H and O–H groups in total. The Morgan fingerprint density at radius 1 is 1.08 bits per heavy atom. The zero-order valence-corrected chi connectivity index (χ0v) is 13.5. The summed E-state index contributed by atoms with van der Waals surface area (Å²) in [4.78, 5) is 23.0. The molecular formula is C15H18ClF3N2O3. The second-order valence-corrected chi connectivity index (χ2v) is 5.36. The van der Waals surface area contributed by atoms with Crippen molar-refractivity contribution >= 4 is 29.1 Å². The van der Waals surface area contributed by atoms with Crippen molar-refractivity contribution in [2.24, 2.45) is 0 Å². The van der Waals surface area contributed by atoms with Crippen LogP contribution in [0.5, 0.6) is 0 Å². The summed E-state index contributed by atoms with van der Waals surface area (Å²) in [7, 11) is 0. The topological polar surface area (TPSA) is 67.4 Å². The summed E-state index contributed by atoms with van der Waals surface area (Å²) in [6.07, 6.45) is -3.94. The van der Waals surface area contributed by atoms with Gasteiger partial charge in [-0.15, -0.1) is 0 Å². The lowest BCUT2D eigenvalue weighted by molar-refractivity contribution is -0.174. The Morgan fingerprint density at radius 2 is 1.75 bits per heavy atom. The summed E-state index contributed by atoms with van der Waals surface area (Å²) < 4.78 is 39.8. The van der Waals surface area contributed by atoms with Gasteiger partial charge < -0.3 is 15.4 Å². The third kappa shape index (κ3) is 10.1. The minimum Gasteiger partial charge on any atom is -0.372 e. The molecule has 2 amide bonds. The number of amides is 2. The lowest BCUT2D eigenvalue weighted by atomic mass is 10.2. The number of hydrogen-bond donors (Lipinski definition) is 2. The molecular weight excluding hydrogens is 349 g/mol. The first-order valence-electron chi connectivity index (χ1n) is 7.23. The molecule has 1 aromatic rings. The molecule has 1 rings (SSSR count). The number of benzene rings is 1. The Kier molecular flexibility index (Phi) is 8.56. The van der Waals surface area contributed by atoms with Crippen molar-refractivity contribution in [3.63, 3.8) is 0 Å². The van der Waals surface area contributed by atoms with Gasteiger partial charge in [0.25, 0.3) is 0 Å². The van der Waals surface area contributed by atoms with Gasteiger partial charge in [0.15, 0.2) is 0 Å². The van der Waals surface area contributed by atoms with Crippen molar-refractivity contribution in [3.05, 3.63) is 29.3 Å². The van der Waals surface area contributed by atoms with E-state index in [0.29, 0.717) is 17.1 Å². The summed E-state index contributed by atoms with van der Waals surface area (Å²) in [5.74, 6) is -0.629. The van der Waals surface area contributed by atoms with E-state index in [0.717, 1.165) is 0 Å². The van der Waals surface area contributed by atoms with Crippen LogP contribution in [-0.2, 0) is 14.3 Å².